The molecule has 0 saturated carbocycles. The zero-order valence-corrected chi connectivity index (χ0v) is 9.58. The molecule has 1 atom stereocenters. The number of rotatable bonds is 3. The van der Waals surface area contributed by atoms with Crippen molar-refractivity contribution in [2.75, 3.05) is 24.5 Å². The van der Waals surface area contributed by atoms with Crippen LogP contribution in [-0.2, 0) is 0 Å². The average molecular weight is 225 g/mol. The van der Waals surface area contributed by atoms with Gasteiger partial charge in [0, 0.05) is 23.8 Å². The SMILES string of the molecule is NCCC1CCN(c2ccc(Cl)cc2)C1. The standard InChI is InChI=1S/C12H17ClN2/c13-11-1-3-12(4-2-11)15-8-6-10(9-15)5-7-14/h1-4,10H,5-9,14H2. The van der Waals surface area contributed by atoms with Gasteiger partial charge in [0.1, 0.15) is 0 Å². The molecule has 0 aliphatic carbocycles. The Hall–Kier alpha value is -0.730. The summed E-state index contributed by atoms with van der Waals surface area (Å²) >= 11 is 5.86. The van der Waals surface area contributed by atoms with E-state index in [-0.39, 0.29) is 0 Å². The fraction of sp³-hybridized carbons (Fsp3) is 0.500. The molecule has 0 amide bonds. The molecule has 1 unspecified atom stereocenters. The normalized spacial score (nSPS) is 20.9. The van der Waals surface area contributed by atoms with Crippen molar-refractivity contribution in [1.29, 1.82) is 0 Å². The van der Waals surface area contributed by atoms with E-state index < -0.39 is 0 Å². The first-order valence-electron chi connectivity index (χ1n) is 5.50. The van der Waals surface area contributed by atoms with Gasteiger partial charge in [0.2, 0.25) is 0 Å². The monoisotopic (exact) mass is 224 g/mol. The smallest absolute Gasteiger partial charge is 0.0407 e. The van der Waals surface area contributed by atoms with Crippen LogP contribution in [0.25, 0.3) is 0 Å². The van der Waals surface area contributed by atoms with Crippen molar-refractivity contribution >= 4 is 17.3 Å². The van der Waals surface area contributed by atoms with E-state index in [9.17, 15) is 0 Å². The van der Waals surface area contributed by atoms with Crippen LogP contribution in [0.3, 0.4) is 0 Å². The van der Waals surface area contributed by atoms with Crippen LogP contribution in [0.5, 0.6) is 0 Å². The van der Waals surface area contributed by atoms with Crippen LogP contribution in [-0.4, -0.2) is 19.6 Å². The number of halogens is 1. The van der Waals surface area contributed by atoms with Crippen molar-refractivity contribution in [2.24, 2.45) is 11.7 Å². The molecule has 0 bridgehead atoms. The molecule has 1 saturated heterocycles. The zero-order valence-electron chi connectivity index (χ0n) is 8.82. The van der Waals surface area contributed by atoms with Gasteiger partial charge in [-0.05, 0) is 49.6 Å². The van der Waals surface area contributed by atoms with E-state index in [1.807, 2.05) is 12.1 Å². The number of anilines is 1. The van der Waals surface area contributed by atoms with Crippen LogP contribution in [0, 0.1) is 5.92 Å². The minimum absolute atomic E-state index is 0.769. The molecule has 1 fully saturated rings. The van der Waals surface area contributed by atoms with Crippen LogP contribution in [0.15, 0.2) is 24.3 Å². The zero-order chi connectivity index (χ0) is 10.7. The van der Waals surface area contributed by atoms with E-state index in [0.717, 1.165) is 37.0 Å². The first-order chi connectivity index (χ1) is 7.29. The van der Waals surface area contributed by atoms with Crippen molar-refractivity contribution in [3.05, 3.63) is 29.3 Å². The van der Waals surface area contributed by atoms with E-state index >= 15 is 0 Å². The Labute approximate surface area is 96.0 Å². The lowest BCUT2D eigenvalue weighted by Gasteiger charge is -2.18. The molecule has 2 N–H and O–H groups in total. The van der Waals surface area contributed by atoms with Crippen molar-refractivity contribution in [1.82, 2.24) is 0 Å². The summed E-state index contributed by atoms with van der Waals surface area (Å²) in [6.07, 6.45) is 2.41. The third kappa shape index (κ3) is 2.64. The minimum atomic E-state index is 0.769. The Balaban J connectivity index is 1.98. The molecule has 15 heavy (non-hydrogen) atoms. The van der Waals surface area contributed by atoms with Gasteiger partial charge in [-0.15, -0.1) is 0 Å². The highest BCUT2D eigenvalue weighted by molar-refractivity contribution is 6.30. The van der Waals surface area contributed by atoms with E-state index in [1.54, 1.807) is 0 Å². The molecule has 1 aromatic rings. The van der Waals surface area contributed by atoms with Crippen LogP contribution >= 0.6 is 11.6 Å². The third-order valence-corrected chi connectivity index (χ3v) is 3.30. The predicted molar refractivity (Wildman–Crippen MR) is 65.4 cm³/mol. The fourth-order valence-electron chi connectivity index (χ4n) is 2.19. The Morgan fingerprint density at radius 3 is 2.73 bits per heavy atom. The highest BCUT2D eigenvalue weighted by Crippen LogP contribution is 2.26. The van der Waals surface area contributed by atoms with E-state index in [4.69, 9.17) is 17.3 Å². The van der Waals surface area contributed by atoms with Gasteiger partial charge >= 0.3 is 0 Å². The number of nitrogens with two attached hydrogens (primary N) is 1. The van der Waals surface area contributed by atoms with Gasteiger partial charge in [-0.2, -0.15) is 0 Å². The van der Waals surface area contributed by atoms with Crippen molar-refractivity contribution in [3.63, 3.8) is 0 Å². The number of hydrogen-bond acceptors (Lipinski definition) is 2. The Kier molecular flexibility index (Phi) is 3.49. The van der Waals surface area contributed by atoms with Crippen LogP contribution in [0.1, 0.15) is 12.8 Å². The number of hydrogen-bond donors (Lipinski definition) is 1. The summed E-state index contributed by atoms with van der Waals surface area (Å²) in [5, 5.41) is 0.802. The number of nitrogens with zero attached hydrogens (tertiary/aromatic N) is 1. The summed E-state index contributed by atoms with van der Waals surface area (Å²) in [6.45, 7) is 3.09. The molecule has 0 radical (unpaired) electrons. The largest absolute Gasteiger partial charge is 0.371 e. The van der Waals surface area contributed by atoms with Crippen molar-refractivity contribution < 1.29 is 0 Å². The lowest BCUT2D eigenvalue weighted by atomic mass is 10.1. The molecule has 1 heterocycles. The maximum Gasteiger partial charge on any atom is 0.0407 e. The molecule has 82 valence electrons. The van der Waals surface area contributed by atoms with Gasteiger partial charge in [-0.1, -0.05) is 11.6 Å². The lowest BCUT2D eigenvalue weighted by Crippen LogP contribution is -2.20. The summed E-state index contributed by atoms with van der Waals surface area (Å²) in [6, 6.07) is 8.08. The topological polar surface area (TPSA) is 29.3 Å². The second kappa shape index (κ2) is 4.86. The van der Waals surface area contributed by atoms with Crippen LogP contribution in [0.2, 0.25) is 5.02 Å². The first kappa shape index (κ1) is 10.8. The van der Waals surface area contributed by atoms with Crippen molar-refractivity contribution in [2.45, 2.75) is 12.8 Å². The summed E-state index contributed by atoms with van der Waals surface area (Å²) in [7, 11) is 0. The highest BCUT2D eigenvalue weighted by atomic mass is 35.5. The van der Waals surface area contributed by atoms with Gasteiger partial charge in [-0.3, -0.25) is 0 Å². The second-order valence-corrected chi connectivity index (χ2v) is 4.59. The number of benzene rings is 1. The van der Waals surface area contributed by atoms with Gasteiger partial charge in [0.15, 0.2) is 0 Å². The Morgan fingerprint density at radius 2 is 2.07 bits per heavy atom. The summed E-state index contributed by atoms with van der Waals surface area (Å²) in [4.78, 5) is 2.41. The van der Waals surface area contributed by atoms with E-state index in [1.165, 1.54) is 12.1 Å². The lowest BCUT2D eigenvalue weighted by molar-refractivity contribution is 0.546. The Morgan fingerprint density at radius 1 is 1.33 bits per heavy atom. The second-order valence-electron chi connectivity index (χ2n) is 4.15. The van der Waals surface area contributed by atoms with Crippen LogP contribution in [0.4, 0.5) is 5.69 Å². The molecule has 1 aromatic carbocycles. The molecule has 2 nitrogen and oxygen atoms in total. The van der Waals surface area contributed by atoms with Crippen molar-refractivity contribution in [3.8, 4) is 0 Å². The molecular weight excluding hydrogens is 208 g/mol. The highest BCUT2D eigenvalue weighted by Gasteiger charge is 2.21. The third-order valence-electron chi connectivity index (χ3n) is 3.05. The van der Waals surface area contributed by atoms with E-state index in [2.05, 4.69) is 17.0 Å². The molecule has 0 spiro atoms. The fourth-order valence-corrected chi connectivity index (χ4v) is 2.32. The molecule has 1 aliphatic heterocycles. The Bertz CT molecular complexity index is 310. The predicted octanol–water partition coefficient (Wildman–Crippen LogP) is 2.52. The van der Waals surface area contributed by atoms with Gasteiger partial charge in [0.05, 0.1) is 0 Å². The minimum Gasteiger partial charge on any atom is -0.371 e. The first-order valence-corrected chi connectivity index (χ1v) is 5.88. The van der Waals surface area contributed by atoms with Gasteiger partial charge < -0.3 is 10.6 Å². The molecular formula is C12H17ClN2. The summed E-state index contributed by atoms with van der Waals surface area (Å²) in [5.74, 6) is 0.769. The molecule has 2 rings (SSSR count). The van der Waals surface area contributed by atoms with E-state index in [0.29, 0.717) is 0 Å². The maximum absolute atomic E-state index is 5.86. The maximum atomic E-state index is 5.86. The van der Waals surface area contributed by atoms with Gasteiger partial charge in [0.25, 0.3) is 0 Å². The van der Waals surface area contributed by atoms with Gasteiger partial charge in [-0.25, -0.2) is 0 Å². The molecule has 1 aliphatic rings. The quantitative estimate of drug-likeness (QED) is 0.855. The summed E-state index contributed by atoms with van der Waals surface area (Å²) in [5.41, 5.74) is 6.85. The molecule has 3 heteroatoms. The summed E-state index contributed by atoms with van der Waals surface area (Å²) < 4.78 is 0. The van der Waals surface area contributed by atoms with Crippen LogP contribution < -0.4 is 10.6 Å². The average Bonchev–Trinajstić information content (AvgIpc) is 2.68. The molecule has 0 aromatic heterocycles.